The zero-order valence-electron chi connectivity index (χ0n) is 13.3. The lowest BCUT2D eigenvalue weighted by Crippen LogP contribution is -2.18. The number of anilines is 1. The van der Waals surface area contributed by atoms with Crippen molar-refractivity contribution in [1.29, 1.82) is 5.26 Å². The van der Waals surface area contributed by atoms with Gasteiger partial charge in [-0.15, -0.1) is 0 Å². The average molecular weight is 384 g/mol. The Labute approximate surface area is 149 Å². The van der Waals surface area contributed by atoms with Crippen LogP contribution >= 0.6 is 0 Å². The fraction of sp³-hybridized carbons (Fsp3) is 0.111. The molecule has 3 nitrogen and oxygen atoms in total. The third kappa shape index (κ3) is 4.88. The van der Waals surface area contributed by atoms with Crippen LogP contribution in [0.4, 0.5) is 32.0 Å². The number of amides is 1. The molecule has 0 aliphatic carbocycles. The van der Waals surface area contributed by atoms with Gasteiger partial charge in [-0.25, -0.2) is 0 Å². The lowest BCUT2D eigenvalue weighted by molar-refractivity contribution is -0.138. The highest BCUT2D eigenvalue weighted by molar-refractivity contribution is 6.10. The van der Waals surface area contributed by atoms with E-state index in [2.05, 4.69) is 0 Å². The average Bonchev–Trinajstić information content (AvgIpc) is 2.58. The van der Waals surface area contributed by atoms with Crippen LogP contribution in [0.3, 0.4) is 0 Å². The van der Waals surface area contributed by atoms with Crippen molar-refractivity contribution in [3.05, 3.63) is 70.8 Å². The molecule has 0 aliphatic rings. The number of nitriles is 1. The summed E-state index contributed by atoms with van der Waals surface area (Å²) in [6.45, 7) is 0. The van der Waals surface area contributed by atoms with E-state index in [4.69, 9.17) is 5.26 Å². The van der Waals surface area contributed by atoms with Crippen molar-refractivity contribution in [3.8, 4) is 6.07 Å². The number of rotatable bonds is 3. The molecule has 0 spiro atoms. The number of benzene rings is 2. The summed E-state index contributed by atoms with van der Waals surface area (Å²) >= 11 is 0. The first-order valence-electron chi connectivity index (χ1n) is 7.29. The molecule has 140 valence electrons. The summed E-state index contributed by atoms with van der Waals surface area (Å²) in [5, 5.41) is 11.0. The number of carbonyl (C=O) groups is 1. The van der Waals surface area contributed by atoms with Gasteiger partial charge in [0.1, 0.15) is 11.6 Å². The SMILES string of the molecule is N#C/C(=C\c1ccccc1C(F)(F)F)C(=O)Nc1ccccc1C(F)(F)F. The fourth-order valence-electron chi connectivity index (χ4n) is 2.21. The van der Waals surface area contributed by atoms with Crippen molar-refractivity contribution < 1.29 is 31.1 Å². The lowest BCUT2D eigenvalue weighted by Gasteiger charge is -2.13. The van der Waals surface area contributed by atoms with Gasteiger partial charge in [0.2, 0.25) is 0 Å². The summed E-state index contributed by atoms with van der Waals surface area (Å²) < 4.78 is 77.9. The van der Waals surface area contributed by atoms with Gasteiger partial charge < -0.3 is 5.32 Å². The summed E-state index contributed by atoms with van der Waals surface area (Å²) in [4.78, 5) is 12.1. The standard InChI is InChI=1S/C18H10F6N2O/c19-17(20,21)13-6-2-1-5-11(13)9-12(10-25)16(27)26-15-8-4-3-7-14(15)18(22,23)24/h1-9H,(H,26,27)/b12-9+. The summed E-state index contributed by atoms with van der Waals surface area (Å²) in [5.74, 6) is -1.26. The number of hydrogen-bond donors (Lipinski definition) is 1. The van der Waals surface area contributed by atoms with Crippen LogP contribution in [0.25, 0.3) is 6.08 Å². The first kappa shape index (κ1) is 20.0. The second-order valence-corrected chi connectivity index (χ2v) is 5.25. The third-order valence-corrected chi connectivity index (χ3v) is 3.41. The van der Waals surface area contributed by atoms with Gasteiger partial charge >= 0.3 is 12.4 Å². The first-order chi connectivity index (χ1) is 12.5. The van der Waals surface area contributed by atoms with Crippen molar-refractivity contribution in [3.63, 3.8) is 0 Å². The summed E-state index contributed by atoms with van der Waals surface area (Å²) in [5.41, 5.74) is -4.07. The van der Waals surface area contributed by atoms with Gasteiger partial charge in [0.15, 0.2) is 0 Å². The number of carbonyl (C=O) groups excluding carboxylic acids is 1. The van der Waals surface area contributed by atoms with Crippen LogP contribution in [0.1, 0.15) is 16.7 Å². The zero-order valence-corrected chi connectivity index (χ0v) is 13.3. The molecule has 2 aromatic rings. The number of nitrogens with zero attached hydrogens (tertiary/aromatic N) is 1. The molecule has 0 saturated carbocycles. The molecule has 9 heteroatoms. The van der Waals surface area contributed by atoms with E-state index in [0.717, 1.165) is 36.4 Å². The van der Waals surface area contributed by atoms with Gasteiger partial charge in [-0.2, -0.15) is 31.6 Å². The number of alkyl halides is 6. The van der Waals surface area contributed by atoms with Crippen molar-refractivity contribution in [1.82, 2.24) is 0 Å². The number of nitrogens with one attached hydrogen (secondary N) is 1. The van der Waals surface area contributed by atoms with Gasteiger partial charge in [-0.3, -0.25) is 4.79 Å². The van der Waals surface area contributed by atoms with Gasteiger partial charge in [0.25, 0.3) is 5.91 Å². The second kappa shape index (κ2) is 7.53. The molecule has 0 heterocycles. The lowest BCUT2D eigenvalue weighted by atomic mass is 10.0. The summed E-state index contributed by atoms with van der Waals surface area (Å²) in [7, 11) is 0. The molecule has 0 fully saturated rings. The topological polar surface area (TPSA) is 52.9 Å². The van der Waals surface area contributed by atoms with Crippen molar-refractivity contribution >= 4 is 17.7 Å². The zero-order chi connectivity index (χ0) is 20.2. The maximum Gasteiger partial charge on any atom is 0.418 e. The minimum atomic E-state index is -4.76. The van der Waals surface area contributed by atoms with Gasteiger partial charge in [-0.05, 0) is 29.8 Å². The van der Waals surface area contributed by atoms with E-state index >= 15 is 0 Å². The van der Waals surface area contributed by atoms with Crippen molar-refractivity contribution in [2.75, 3.05) is 5.32 Å². The molecular formula is C18H10F6N2O. The molecular weight excluding hydrogens is 374 g/mol. The van der Waals surface area contributed by atoms with E-state index in [1.54, 1.807) is 0 Å². The summed E-state index contributed by atoms with van der Waals surface area (Å²) in [6.07, 6.45) is -8.81. The normalized spacial score (nSPS) is 12.4. The van der Waals surface area contributed by atoms with E-state index in [1.165, 1.54) is 18.2 Å². The van der Waals surface area contributed by atoms with E-state index in [1.807, 2.05) is 5.32 Å². The van der Waals surface area contributed by atoms with Crippen molar-refractivity contribution in [2.24, 2.45) is 0 Å². The maximum atomic E-state index is 13.0. The van der Waals surface area contributed by atoms with Crippen molar-refractivity contribution in [2.45, 2.75) is 12.4 Å². The van der Waals surface area contributed by atoms with Crippen LogP contribution in [-0.2, 0) is 17.1 Å². The largest absolute Gasteiger partial charge is 0.418 e. The van der Waals surface area contributed by atoms with Gasteiger partial charge in [0, 0.05) is 0 Å². The Morgan fingerprint density at radius 3 is 1.96 bits per heavy atom. The molecule has 0 unspecified atom stereocenters. The molecule has 0 radical (unpaired) electrons. The number of halogens is 6. The molecule has 1 amide bonds. The molecule has 0 aliphatic heterocycles. The molecule has 2 aromatic carbocycles. The minimum Gasteiger partial charge on any atom is -0.321 e. The Bertz CT molecular complexity index is 922. The Balaban J connectivity index is 2.40. The van der Waals surface area contributed by atoms with E-state index in [9.17, 15) is 31.1 Å². The predicted octanol–water partition coefficient (Wildman–Crippen LogP) is 5.27. The Morgan fingerprint density at radius 1 is 0.889 bits per heavy atom. The molecule has 0 saturated heterocycles. The fourth-order valence-corrected chi connectivity index (χ4v) is 2.21. The van der Waals surface area contributed by atoms with E-state index in [0.29, 0.717) is 6.08 Å². The smallest absolute Gasteiger partial charge is 0.321 e. The highest BCUT2D eigenvalue weighted by atomic mass is 19.4. The summed E-state index contributed by atoms with van der Waals surface area (Å²) in [6, 6.07) is 9.65. The second-order valence-electron chi connectivity index (χ2n) is 5.25. The highest BCUT2D eigenvalue weighted by Crippen LogP contribution is 2.35. The Hall–Kier alpha value is -3.28. The number of hydrogen-bond acceptors (Lipinski definition) is 2. The Kier molecular flexibility index (Phi) is 5.59. The van der Waals surface area contributed by atoms with Crippen LogP contribution in [0.2, 0.25) is 0 Å². The predicted molar refractivity (Wildman–Crippen MR) is 85.1 cm³/mol. The van der Waals surface area contributed by atoms with Crippen LogP contribution < -0.4 is 5.32 Å². The van der Waals surface area contributed by atoms with E-state index in [-0.39, 0.29) is 0 Å². The van der Waals surface area contributed by atoms with Gasteiger partial charge in [-0.1, -0.05) is 30.3 Å². The van der Waals surface area contributed by atoms with Crippen LogP contribution in [0.15, 0.2) is 54.1 Å². The third-order valence-electron chi connectivity index (χ3n) is 3.41. The molecule has 0 aromatic heterocycles. The molecule has 0 atom stereocenters. The maximum absolute atomic E-state index is 13.0. The highest BCUT2D eigenvalue weighted by Gasteiger charge is 2.34. The molecule has 2 rings (SSSR count). The van der Waals surface area contributed by atoms with Gasteiger partial charge in [0.05, 0.1) is 16.8 Å². The minimum absolute atomic E-state index is 0.458. The molecule has 1 N–H and O–H groups in total. The molecule has 0 bridgehead atoms. The monoisotopic (exact) mass is 384 g/mol. The quantitative estimate of drug-likeness (QED) is 0.445. The first-order valence-corrected chi connectivity index (χ1v) is 7.29. The number of para-hydroxylation sites is 1. The Morgan fingerprint density at radius 2 is 1.41 bits per heavy atom. The van der Waals surface area contributed by atoms with Crippen LogP contribution in [0.5, 0.6) is 0 Å². The van der Waals surface area contributed by atoms with E-state index < -0.39 is 46.2 Å². The molecule has 27 heavy (non-hydrogen) atoms. The van der Waals surface area contributed by atoms with Crippen LogP contribution in [-0.4, -0.2) is 5.91 Å². The van der Waals surface area contributed by atoms with Crippen LogP contribution in [0, 0.1) is 11.3 Å².